The van der Waals surface area contributed by atoms with Gasteiger partial charge in [0, 0.05) is 16.7 Å². The average molecular weight is 233 g/mol. The molecule has 0 aromatic heterocycles. The zero-order valence-electron chi connectivity index (χ0n) is 7.96. The summed E-state index contributed by atoms with van der Waals surface area (Å²) in [4.78, 5) is 0. The Kier molecular flexibility index (Phi) is 5.26. The molecule has 2 nitrogen and oxygen atoms in total. The lowest BCUT2D eigenvalue weighted by molar-refractivity contribution is 0.131. The average Bonchev–Trinajstić information content (AvgIpc) is 2.11. The molecule has 4 heteroatoms. The first-order chi connectivity index (χ1) is 6.72. The van der Waals surface area contributed by atoms with Crippen molar-refractivity contribution in [2.75, 3.05) is 20.2 Å². The van der Waals surface area contributed by atoms with Gasteiger partial charge in [-0.2, -0.15) is 7.05 Å². The van der Waals surface area contributed by atoms with Crippen molar-refractivity contribution in [3.63, 3.8) is 0 Å². The third-order valence-corrected chi connectivity index (χ3v) is 2.09. The highest BCUT2D eigenvalue weighted by Gasteiger charge is 1.97. The van der Waals surface area contributed by atoms with Crippen molar-refractivity contribution in [3.8, 4) is 0 Å². The van der Waals surface area contributed by atoms with E-state index in [4.69, 9.17) is 27.9 Å². The molecule has 0 aliphatic rings. The summed E-state index contributed by atoms with van der Waals surface area (Å²) in [6.07, 6.45) is 0. The zero-order chi connectivity index (χ0) is 10.4. The van der Waals surface area contributed by atoms with Gasteiger partial charge in [-0.1, -0.05) is 23.2 Å². The molecule has 0 unspecified atom stereocenters. The molecular weight excluding hydrogens is 221 g/mol. The molecule has 78 valence electrons. The molecule has 1 aromatic rings. The Labute approximate surface area is 94.2 Å². The lowest BCUT2D eigenvalue weighted by Gasteiger charge is -2.11. The Morgan fingerprint density at radius 2 is 1.86 bits per heavy atom. The maximum Gasteiger partial charge on any atom is 0.0717 e. The van der Waals surface area contributed by atoms with E-state index in [1.165, 1.54) is 0 Å². The fourth-order valence-corrected chi connectivity index (χ4v) is 1.61. The number of ether oxygens (including phenoxy) is 1. The van der Waals surface area contributed by atoms with E-state index >= 15 is 0 Å². The van der Waals surface area contributed by atoms with Crippen molar-refractivity contribution in [1.29, 1.82) is 0 Å². The molecule has 0 saturated carbocycles. The van der Waals surface area contributed by atoms with Crippen molar-refractivity contribution < 1.29 is 4.74 Å². The summed E-state index contributed by atoms with van der Waals surface area (Å²) in [7, 11) is 1.76. The van der Waals surface area contributed by atoms with E-state index in [1.54, 1.807) is 13.1 Å². The lowest BCUT2D eigenvalue weighted by atomic mass is 10.2. The summed E-state index contributed by atoms with van der Waals surface area (Å²) in [5, 5.41) is 5.20. The van der Waals surface area contributed by atoms with Crippen molar-refractivity contribution in [2.24, 2.45) is 0 Å². The molecule has 0 saturated heterocycles. The first-order valence-electron chi connectivity index (χ1n) is 4.30. The van der Waals surface area contributed by atoms with E-state index in [-0.39, 0.29) is 0 Å². The standard InChI is InChI=1S/C10H12Cl2NO/c1-13-2-3-14-7-8-4-9(11)6-10(12)5-8/h4-6H,2-3,7H2,1H3/q-1. The normalized spacial score (nSPS) is 10.5. The molecular formula is C10H12Cl2NO-. The van der Waals surface area contributed by atoms with Crippen LogP contribution in [0.5, 0.6) is 0 Å². The highest BCUT2D eigenvalue weighted by Crippen LogP contribution is 2.19. The van der Waals surface area contributed by atoms with Gasteiger partial charge < -0.3 is 10.1 Å². The van der Waals surface area contributed by atoms with E-state index in [9.17, 15) is 0 Å². The number of hydrogen-bond acceptors (Lipinski definition) is 1. The fraction of sp³-hybridized carbons (Fsp3) is 0.400. The van der Waals surface area contributed by atoms with Crippen LogP contribution in [0.2, 0.25) is 10.0 Å². The molecule has 0 spiro atoms. The van der Waals surface area contributed by atoms with Crippen LogP contribution >= 0.6 is 23.2 Å². The first kappa shape index (κ1) is 11.8. The van der Waals surface area contributed by atoms with Crippen LogP contribution in [0.1, 0.15) is 5.56 Å². The second kappa shape index (κ2) is 6.25. The number of halogens is 2. The summed E-state index contributed by atoms with van der Waals surface area (Å²) in [6.45, 7) is 1.87. The van der Waals surface area contributed by atoms with Gasteiger partial charge in [-0.25, -0.2) is 0 Å². The Balaban J connectivity index is 2.42. The predicted molar refractivity (Wildman–Crippen MR) is 60.3 cm³/mol. The van der Waals surface area contributed by atoms with Crippen LogP contribution in [-0.4, -0.2) is 20.2 Å². The van der Waals surface area contributed by atoms with E-state index in [0.29, 0.717) is 29.8 Å². The van der Waals surface area contributed by atoms with Crippen molar-refractivity contribution in [3.05, 3.63) is 39.1 Å². The highest BCUT2D eigenvalue weighted by molar-refractivity contribution is 6.34. The molecule has 1 rings (SSSR count). The summed E-state index contributed by atoms with van der Waals surface area (Å²) in [5.74, 6) is 0. The number of benzene rings is 1. The third-order valence-electron chi connectivity index (χ3n) is 1.65. The third kappa shape index (κ3) is 4.29. The largest absolute Gasteiger partial charge is 0.663 e. The van der Waals surface area contributed by atoms with Crippen LogP contribution in [0.25, 0.3) is 5.32 Å². The van der Waals surface area contributed by atoms with E-state index in [0.717, 1.165) is 5.56 Å². The number of nitrogens with zero attached hydrogens (tertiary/aromatic N) is 1. The SMILES string of the molecule is C[N-]CCOCc1cc(Cl)cc(Cl)c1. The molecule has 0 heterocycles. The maximum absolute atomic E-state index is 5.83. The van der Waals surface area contributed by atoms with Crippen LogP contribution in [-0.2, 0) is 11.3 Å². The topological polar surface area (TPSA) is 23.3 Å². The number of likely N-dealkylation sites (N-methyl/N-ethyl adjacent to an activating group) is 1. The Hall–Kier alpha value is -0.280. The molecule has 0 bridgehead atoms. The van der Waals surface area contributed by atoms with Gasteiger partial charge in [0.1, 0.15) is 0 Å². The van der Waals surface area contributed by atoms with Gasteiger partial charge in [-0.05, 0) is 23.8 Å². The monoisotopic (exact) mass is 232 g/mol. The van der Waals surface area contributed by atoms with Gasteiger partial charge in [0.05, 0.1) is 6.61 Å². The molecule has 14 heavy (non-hydrogen) atoms. The lowest BCUT2D eigenvalue weighted by Crippen LogP contribution is -1.98. The van der Waals surface area contributed by atoms with Gasteiger partial charge in [0.2, 0.25) is 0 Å². The van der Waals surface area contributed by atoms with Crippen molar-refractivity contribution in [1.82, 2.24) is 0 Å². The summed E-state index contributed by atoms with van der Waals surface area (Å²) < 4.78 is 5.36. The van der Waals surface area contributed by atoms with Gasteiger partial charge in [0.15, 0.2) is 0 Å². The van der Waals surface area contributed by atoms with E-state index < -0.39 is 0 Å². The van der Waals surface area contributed by atoms with Gasteiger partial charge >= 0.3 is 0 Å². The fourth-order valence-electron chi connectivity index (χ4n) is 1.04. The Morgan fingerprint density at radius 3 is 2.43 bits per heavy atom. The minimum Gasteiger partial charge on any atom is -0.663 e. The van der Waals surface area contributed by atoms with Gasteiger partial charge in [-0.15, -0.1) is 6.54 Å². The van der Waals surface area contributed by atoms with Crippen LogP contribution in [0.4, 0.5) is 0 Å². The minimum absolute atomic E-state index is 0.524. The second-order valence-electron chi connectivity index (χ2n) is 2.87. The zero-order valence-corrected chi connectivity index (χ0v) is 9.48. The van der Waals surface area contributed by atoms with Crippen LogP contribution in [0.3, 0.4) is 0 Å². The van der Waals surface area contributed by atoms with Crippen LogP contribution < -0.4 is 0 Å². The van der Waals surface area contributed by atoms with E-state index in [2.05, 4.69) is 5.32 Å². The summed E-state index contributed by atoms with van der Waals surface area (Å²) in [6, 6.07) is 5.39. The molecule has 0 atom stereocenters. The maximum atomic E-state index is 5.83. The second-order valence-corrected chi connectivity index (χ2v) is 3.74. The molecule has 0 aliphatic carbocycles. The quantitative estimate of drug-likeness (QED) is 0.713. The van der Waals surface area contributed by atoms with Crippen LogP contribution in [0, 0.1) is 0 Å². The molecule has 0 aliphatic heterocycles. The predicted octanol–water partition coefficient (Wildman–Crippen LogP) is 3.51. The van der Waals surface area contributed by atoms with E-state index in [1.807, 2.05) is 12.1 Å². The highest BCUT2D eigenvalue weighted by atomic mass is 35.5. The summed E-state index contributed by atoms with van der Waals surface area (Å²) >= 11 is 11.7. The Morgan fingerprint density at radius 1 is 1.21 bits per heavy atom. The molecule has 1 aromatic carbocycles. The van der Waals surface area contributed by atoms with Crippen LogP contribution in [0.15, 0.2) is 18.2 Å². The first-order valence-corrected chi connectivity index (χ1v) is 5.06. The molecule has 0 N–H and O–H groups in total. The molecule has 0 amide bonds. The smallest absolute Gasteiger partial charge is 0.0717 e. The van der Waals surface area contributed by atoms with Crippen molar-refractivity contribution in [2.45, 2.75) is 6.61 Å². The van der Waals surface area contributed by atoms with Gasteiger partial charge in [-0.3, -0.25) is 0 Å². The molecule has 0 fully saturated rings. The van der Waals surface area contributed by atoms with Gasteiger partial charge in [0.25, 0.3) is 0 Å². The van der Waals surface area contributed by atoms with Crippen molar-refractivity contribution >= 4 is 23.2 Å². The summed E-state index contributed by atoms with van der Waals surface area (Å²) in [5.41, 5.74) is 0.985. The minimum atomic E-state index is 0.524. The number of rotatable bonds is 5. The Bertz CT molecular complexity index is 271. The number of hydrogen-bond donors (Lipinski definition) is 0. The molecule has 0 radical (unpaired) electrons.